The maximum atomic E-state index is 3.87. The summed E-state index contributed by atoms with van der Waals surface area (Å²) in [4.78, 5) is 0. The maximum absolute atomic E-state index is 3.87. The quantitative estimate of drug-likeness (QED) is 0.630. The molecule has 0 aromatic heterocycles. The Hall–Kier alpha value is -0.250. The Bertz CT molecular complexity index is 123. The van der Waals surface area contributed by atoms with E-state index >= 15 is 0 Å². The van der Waals surface area contributed by atoms with E-state index in [4.69, 9.17) is 0 Å². The zero-order valence-corrected chi connectivity index (χ0v) is 7.09. The first-order valence-corrected chi connectivity index (χ1v) is 3.65. The van der Waals surface area contributed by atoms with Crippen LogP contribution in [0, 0.1) is 5.92 Å². The summed E-state index contributed by atoms with van der Waals surface area (Å²) >= 11 is 3.33. The molecule has 1 unspecified atom stereocenters. The van der Waals surface area contributed by atoms with Crippen molar-refractivity contribution < 1.29 is 0 Å². The lowest BCUT2D eigenvalue weighted by Crippen LogP contribution is -2.35. The van der Waals surface area contributed by atoms with E-state index in [1.165, 1.54) is 0 Å². The fraction of sp³-hybridized carbons (Fsp3) is 0.800. The average molecular weight is 192 g/mol. The van der Waals surface area contributed by atoms with Gasteiger partial charge in [-0.1, -0.05) is 13.8 Å². The first kappa shape index (κ1) is 6.86. The minimum absolute atomic E-state index is 0.310. The van der Waals surface area contributed by atoms with Gasteiger partial charge in [0.15, 0.2) is 0 Å². The highest BCUT2D eigenvalue weighted by Crippen LogP contribution is 2.13. The first-order chi connectivity index (χ1) is 4.22. The van der Waals surface area contributed by atoms with Crippen LogP contribution >= 0.6 is 16.1 Å². The molecule has 1 rings (SSSR count). The van der Waals surface area contributed by atoms with E-state index in [2.05, 4.69) is 40.5 Å². The molecule has 1 N–H and O–H groups in total. The van der Waals surface area contributed by atoms with Gasteiger partial charge in [-0.05, 0) is 5.92 Å². The Labute approximate surface area is 63.4 Å². The summed E-state index contributed by atoms with van der Waals surface area (Å²) in [5, 5.41) is 3.87. The predicted octanol–water partition coefficient (Wildman–Crippen LogP) is 1.13. The van der Waals surface area contributed by atoms with Crippen molar-refractivity contribution in [3.63, 3.8) is 0 Å². The van der Waals surface area contributed by atoms with E-state index in [9.17, 15) is 0 Å². The van der Waals surface area contributed by atoms with Gasteiger partial charge in [-0.3, -0.25) is 9.35 Å². The number of hydrogen-bond acceptors (Lipinski definition) is 3. The van der Waals surface area contributed by atoms with Crippen molar-refractivity contribution in [1.29, 1.82) is 0 Å². The zero-order valence-electron chi connectivity index (χ0n) is 5.50. The highest BCUT2D eigenvalue weighted by atomic mass is 79.9. The molecule has 1 heterocycles. The molecule has 0 radical (unpaired) electrons. The molecule has 0 aromatic carbocycles. The molecule has 0 aliphatic carbocycles. The molecule has 0 saturated carbocycles. The Morgan fingerprint density at radius 3 is 2.67 bits per heavy atom. The second-order valence-corrected chi connectivity index (χ2v) is 3.23. The predicted molar refractivity (Wildman–Crippen MR) is 41.0 cm³/mol. The van der Waals surface area contributed by atoms with Gasteiger partial charge in [0.2, 0.25) is 0 Å². The molecular formula is C5H10BrN3. The number of nitrogens with zero attached hydrogens (tertiary/aromatic N) is 2. The fourth-order valence-electron chi connectivity index (χ4n) is 0.726. The molecule has 0 saturated heterocycles. The van der Waals surface area contributed by atoms with Gasteiger partial charge in [0.05, 0.1) is 16.1 Å². The van der Waals surface area contributed by atoms with Crippen LogP contribution in [0.1, 0.15) is 13.8 Å². The summed E-state index contributed by atoms with van der Waals surface area (Å²) in [5.74, 6) is 0.562. The third kappa shape index (κ3) is 1.36. The molecule has 0 fully saturated rings. The number of hydrogen-bond donors (Lipinski definition) is 1. The zero-order chi connectivity index (χ0) is 6.85. The van der Waals surface area contributed by atoms with E-state index in [-0.39, 0.29) is 0 Å². The van der Waals surface area contributed by atoms with E-state index in [1.54, 1.807) is 6.34 Å². The van der Waals surface area contributed by atoms with Gasteiger partial charge in [-0.25, -0.2) is 0 Å². The van der Waals surface area contributed by atoms with Crippen LogP contribution in [0.4, 0.5) is 0 Å². The van der Waals surface area contributed by atoms with Crippen LogP contribution in [0.25, 0.3) is 0 Å². The molecule has 0 spiro atoms. The van der Waals surface area contributed by atoms with E-state index in [0.29, 0.717) is 12.1 Å². The number of hydrazone groups is 1. The molecular weight excluding hydrogens is 182 g/mol. The maximum Gasteiger partial charge on any atom is 0.129 e. The topological polar surface area (TPSA) is 27.6 Å². The van der Waals surface area contributed by atoms with Gasteiger partial charge in [-0.15, -0.1) is 0 Å². The molecule has 52 valence electrons. The second kappa shape index (κ2) is 2.56. The minimum Gasteiger partial charge on any atom is -0.285 e. The third-order valence-corrected chi connectivity index (χ3v) is 1.90. The van der Waals surface area contributed by atoms with Gasteiger partial charge in [0.25, 0.3) is 0 Å². The summed E-state index contributed by atoms with van der Waals surface area (Å²) in [5.41, 5.74) is 2.95. The molecule has 3 nitrogen and oxygen atoms in total. The lowest BCUT2D eigenvalue weighted by Gasteiger charge is -2.19. The summed E-state index contributed by atoms with van der Waals surface area (Å²) in [7, 11) is 0. The Morgan fingerprint density at radius 2 is 2.44 bits per heavy atom. The van der Waals surface area contributed by atoms with Crippen LogP contribution in [-0.2, 0) is 0 Å². The largest absolute Gasteiger partial charge is 0.285 e. The van der Waals surface area contributed by atoms with Crippen molar-refractivity contribution in [3.05, 3.63) is 0 Å². The van der Waals surface area contributed by atoms with Gasteiger partial charge in [0, 0.05) is 0 Å². The van der Waals surface area contributed by atoms with Crippen LogP contribution in [0.2, 0.25) is 0 Å². The van der Waals surface area contributed by atoms with Gasteiger partial charge >= 0.3 is 0 Å². The summed E-state index contributed by atoms with van der Waals surface area (Å²) in [6.07, 6.45) is 2.04. The van der Waals surface area contributed by atoms with Crippen molar-refractivity contribution in [2.75, 3.05) is 0 Å². The molecule has 0 bridgehead atoms. The monoisotopic (exact) mass is 191 g/mol. The Kier molecular flexibility index (Phi) is 1.95. The summed E-state index contributed by atoms with van der Waals surface area (Å²) in [6, 6.07) is 0. The van der Waals surface area contributed by atoms with Gasteiger partial charge in [-0.2, -0.15) is 5.10 Å². The molecule has 4 heteroatoms. The second-order valence-electron chi connectivity index (χ2n) is 2.41. The molecule has 1 aliphatic heterocycles. The molecule has 0 amide bonds. The first-order valence-electron chi connectivity index (χ1n) is 2.94. The number of nitrogens with one attached hydrogen (secondary N) is 1. The highest BCUT2D eigenvalue weighted by Gasteiger charge is 2.20. The summed E-state index contributed by atoms with van der Waals surface area (Å²) in [6.45, 7) is 4.28. The highest BCUT2D eigenvalue weighted by molar-refractivity contribution is 9.07. The standard InChI is InChI=1S/C5H10BrN3/c1-4(2)5-8-7-3-9(5)6/h3-5,8H,1-2H3. The van der Waals surface area contributed by atoms with Crippen LogP contribution in [0.15, 0.2) is 5.10 Å². The SMILES string of the molecule is CC(C)C1NN=CN1Br. The molecule has 1 atom stereocenters. The normalized spacial score (nSPS) is 25.3. The third-order valence-electron chi connectivity index (χ3n) is 1.27. The van der Waals surface area contributed by atoms with Crippen molar-refractivity contribution in [3.8, 4) is 0 Å². The van der Waals surface area contributed by atoms with E-state index in [0.717, 1.165) is 0 Å². The van der Waals surface area contributed by atoms with Crippen molar-refractivity contribution >= 4 is 22.5 Å². The Morgan fingerprint density at radius 1 is 1.78 bits per heavy atom. The van der Waals surface area contributed by atoms with Gasteiger partial charge < -0.3 is 0 Å². The fourth-order valence-corrected chi connectivity index (χ4v) is 1.38. The van der Waals surface area contributed by atoms with E-state index in [1.807, 2.05) is 3.93 Å². The Balaban J connectivity index is 2.45. The summed E-state index contributed by atoms with van der Waals surface area (Å²) < 4.78 is 1.89. The lowest BCUT2D eigenvalue weighted by molar-refractivity contribution is 0.344. The average Bonchev–Trinajstić information content (AvgIpc) is 2.13. The lowest BCUT2D eigenvalue weighted by atomic mass is 10.2. The molecule has 1 aliphatic rings. The van der Waals surface area contributed by atoms with Crippen molar-refractivity contribution in [1.82, 2.24) is 9.35 Å². The number of rotatable bonds is 1. The van der Waals surface area contributed by atoms with Crippen LogP contribution in [-0.4, -0.2) is 16.4 Å². The van der Waals surface area contributed by atoms with Crippen LogP contribution in [0.3, 0.4) is 0 Å². The van der Waals surface area contributed by atoms with Crippen LogP contribution in [0.5, 0.6) is 0 Å². The van der Waals surface area contributed by atoms with Crippen LogP contribution < -0.4 is 5.43 Å². The van der Waals surface area contributed by atoms with E-state index < -0.39 is 0 Å². The smallest absolute Gasteiger partial charge is 0.129 e. The number of halogens is 1. The van der Waals surface area contributed by atoms with Gasteiger partial charge in [0.1, 0.15) is 12.5 Å². The molecule has 9 heavy (non-hydrogen) atoms. The molecule has 0 aromatic rings. The van der Waals surface area contributed by atoms with Crippen molar-refractivity contribution in [2.24, 2.45) is 11.0 Å². The minimum atomic E-state index is 0.310. The van der Waals surface area contributed by atoms with Crippen molar-refractivity contribution in [2.45, 2.75) is 20.0 Å².